The van der Waals surface area contributed by atoms with E-state index in [0.717, 1.165) is 0 Å². The number of imide groups is 1. The lowest BCUT2D eigenvalue weighted by molar-refractivity contribution is -0.132. The fourth-order valence-electron chi connectivity index (χ4n) is 0.549. The molecule has 12 heavy (non-hydrogen) atoms. The van der Waals surface area contributed by atoms with Crippen LogP contribution in [-0.2, 0) is 9.59 Å². The van der Waals surface area contributed by atoms with Gasteiger partial charge in [0, 0.05) is 36.4 Å². The van der Waals surface area contributed by atoms with Gasteiger partial charge in [-0.25, -0.2) is 0 Å². The fourth-order valence-corrected chi connectivity index (χ4v) is 0.718. The Labute approximate surface area is 85.7 Å². The van der Waals surface area contributed by atoms with Crippen molar-refractivity contribution in [3.63, 3.8) is 0 Å². The van der Waals surface area contributed by atoms with E-state index in [-0.39, 0.29) is 24.7 Å². The Morgan fingerprint density at radius 2 is 1.42 bits per heavy atom. The fraction of sp³-hybridized carbons (Fsp3) is 0.667. The number of halogens is 3. The molecule has 1 aliphatic heterocycles. The van der Waals surface area contributed by atoms with Crippen molar-refractivity contribution in [2.45, 2.75) is 12.8 Å². The van der Waals surface area contributed by atoms with E-state index < -0.39 is 0 Å². The Hall–Kier alpha value is 0.01000. The molecule has 0 atom stereocenters. The highest BCUT2D eigenvalue weighted by atomic mass is 35.5. The van der Waals surface area contributed by atoms with Crippen molar-refractivity contribution < 1.29 is 9.59 Å². The van der Waals surface area contributed by atoms with Gasteiger partial charge in [0.2, 0.25) is 11.8 Å². The molecule has 0 bridgehead atoms. The monoisotopic (exact) mass is 231 g/mol. The van der Waals surface area contributed by atoms with Gasteiger partial charge in [0.25, 0.3) is 0 Å². The first kappa shape index (κ1) is 12.0. The van der Waals surface area contributed by atoms with Crippen molar-refractivity contribution in [3.05, 3.63) is 0 Å². The zero-order chi connectivity index (χ0) is 9.56. The van der Waals surface area contributed by atoms with E-state index in [4.69, 9.17) is 35.0 Å². The maximum atomic E-state index is 10.4. The van der Waals surface area contributed by atoms with Crippen LogP contribution in [0.3, 0.4) is 0 Å². The maximum Gasteiger partial charge on any atom is 0.244 e. The van der Waals surface area contributed by atoms with Crippen LogP contribution in [0.1, 0.15) is 12.8 Å². The molecule has 2 amide bonds. The average molecular weight is 232 g/mol. The minimum atomic E-state index is -0.295. The van der Waals surface area contributed by atoms with E-state index in [2.05, 4.69) is 0 Å². The van der Waals surface area contributed by atoms with Crippen LogP contribution >= 0.6 is 35.0 Å². The summed E-state index contributed by atoms with van der Waals surface area (Å²) in [5.41, 5.74) is 0. The smallest absolute Gasteiger partial charge is 0.244 e. The van der Waals surface area contributed by atoms with Crippen LogP contribution in [0.4, 0.5) is 0 Å². The molecule has 70 valence electrons. The number of hydrogen-bond acceptors (Lipinski definition) is 2. The standard InChI is InChI=1S/C4H4ClNO2.C2H4Cl2/c5-6-3(7)1-2-4(6)8;3-1-2-4/h1-2H2;1-2H2. The summed E-state index contributed by atoms with van der Waals surface area (Å²) in [5.74, 6) is 0.525. The van der Waals surface area contributed by atoms with Crippen molar-refractivity contribution in [1.29, 1.82) is 0 Å². The van der Waals surface area contributed by atoms with E-state index in [9.17, 15) is 9.59 Å². The van der Waals surface area contributed by atoms with Crippen LogP contribution in [0.25, 0.3) is 0 Å². The number of carbonyl (C=O) groups excluding carboxylic acids is 2. The highest BCUT2D eigenvalue weighted by molar-refractivity contribution is 6.32. The first-order valence-corrected chi connectivity index (χ1v) is 4.67. The van der Waals surface area contributed by atoms with Gasteiger partial charge in [-0.3, -0.25) is 9.59 Å². The van der Waals surface area contributed by atoms with Gasteiger partial charge in [0.1, 0.15) is 0 Å². The molecular weight excluding hydrogens is 224 g/mol. The number of nitrogens with zero attached hydrogens (tertiary/aromatic N) is 1. The van der Waals surface area contributed by atoms with Crippen LogP contribution in [0.5, 0.6) is 0 Å². The molecule has 0 aromatic rings. The highest BCUT2D eigenvalue weighted by Crippen LogP contribution is 2.12. The van der Waals surface area contributed by atoms with Crippen molar-refractivity contribution in [1.82, 2.24) is 4.42 Å². The van der Waals surface area contributed by atoms with Crippen molar-refractivity contribution in [2.24, 2.45) is 0 Å². The number of carbonyl (C=O) groups is 2. The Morgan fingerprint density at radius 1 is 1.08 bits per heavy atom. The van der Waals surface area contributed by atoms with Gasteiger partial charge in [-0.2, -0.15) is 4.42 Å². The molecule has 3 nitrogen and oxygen atoms in total. The summed E-state index contributed by atoms with van der Waals surface area (Å²) in [6, 6.07) is 0. The third-order valence-corrected chi connectivity index (χ3v) is 2.01. The van der Waals surface area contributed by atoms with E-state index in [1.165, 1.54) is 0 Å². The second-order valence-corrected chi connectivity index (χ2v) is 3.04. The summed E-state index contributed by atoms with van der Waals surface area (Å²) in [6.45, 7) is 0. The molecule has 1 fully saturated rings. The summed E-state index contributed by atoms with van der Waals surface area (Å²) >= 11 is 15.3. The predicted octanol–water partition coefficient (Wildman–Crippen LogP) is 1.75. The quantitative estimate of drug-likeness (QED) is 0.392. The maximum absolute atomic E-state index is 10.4. The van der Waals surface area contributed by atoms with Crippen molar-refractivity contribution >= 4 is 46.8 Å². The third kappa shape index (κ3) is 4.14. The van der Waals surface area contributed by atoms with Crippen molar-refractivity contribution in [3.8, 4) is 0 Å². The zero-order valence-electron chi connectivity index (χ0n) is 6.23. The first-order chi connectivity index (χ1) is 5.63. The molecule has 1 heterocycles. The van der Waals surface area contributed by atoms with Crippen LogP contribution in [0, 0.1) is 0 Å². The summed E-state index contributed by atoms with van der Waals surface area (Å²) in [5, 5.41) is 0. The van der Waals surface area contributed by atoms with Gasteiger partial charge in [-0.15, -0.1) is 23.2 Å². The van der Waals surface area contributed by atoms with Crippen LogP contribution in [0.2, 0.25) is 0 Å². The molecule has 0 aliphatic carbocycles. The molecule has 6 heteroatoms. The second-order valence-electron chi connectivity index (χ2n) is 1.95. The van der Waals surface area contributed by atoms with E-state index >= 15 is 0 Å². The lowest BCUT2D eigenvalue weighted by atomic mass is 10.4. The molecule has 0 aromatic carbocycles. The Morgan fingerprint density at radius 3 is 1.50 bits per heavy atom. The van der Waals surface area contributed by atoms with Crippen molar-refractivity contribution in [2.75, 3.05) is 11.8 Å². The minimum Gasteiger partial charge on any atom is -0.273 e. The van der Waals surface area contributed by atoms with Gasteiger partial charge in [0.15, 0.2) is 0 Å². The van der Waals surface area contributed by atoms with Crippen LogP contribution in [0.15, 0.2) is 0 Å². The third-order valence-electron chi connectivity index (χ3n) is 1.06. The summed E-state index contributed by atoms with van der Waals surface area (Å²) in [6.07, 6.45) is 0.532. The Bertz CT molecular complexity index is 156. The number of rotatable bonds is 1. The molecule has 0 unspecified atom stereocenters. The molecule has 0 radical (unpaired) electrons. The molecule has 1 aliphatic rings. The van der Waals surface area contributed by atoms with Gasteiger partial charge in [-0.1, -0.05) is 0 Å². The molecule has 0 saturated carbocycles. The summed E-state index contributed by atoms with van der Waals surface area (Å²) in [7, 11) is 0. The van der Waals surface area contributed by atoms with Gasteiger partial charge < -0.3 is 0 Å². The number of amides is 2. The largest absolute Gasteiger partial charge is 0.273 e. The number of alkyl halides is 2. The van der Waals surface area contributed by atoms with Gasteiger partial charge in [0.05, 0.1) is 0 Å². The molecule has 0 aromatic heterocycles. The lowest BCUT2D eigenvalue weighted by Gasteiger charge is -1.96. The van der Waals surface area contributed by atoms with E-state index in [1.807, 2.05) is 0 Å². The normalized spacial score (nSPS) is 16.1. The SMILES string of the molecule is ClCCCl.O=C1CCC(=O)N1Cl. The molecule has 0 spiro atoms. The van der Waals surface area contributed by atoms with Crippen LogP contribution in [-0.4, -0.2) is 28.0 Å². The molecule has 1 saturated heterocycles. The highest BCUT2D eigenvalue weighted by Gasteiger charge is 2.26. The summed E-state index contributed by atoms with van der Waals surface area (Å²) in [4.78, 5) is 20.7. The number of hydrogen-bond donors (Lipinski definition) is 0. The second kappa shape index (κ2) is 6.52. The van der Waals surface area contributed by atoms with E-state index in [0.29, 0.717) is 16.2 Å². The predicted molar refractivity (Wildman–Crippen MR) is 48.4 cm³/mol. The Kier molecular flexibility index (Phi) is 6.52. The molecular formula is C6H8Cl3NO2. The zero-order valence-corrected chi connectivity index (χ0v) is 8.49. The molecule has 1 rings (SSSR count). The van der Waals surface area contributed by atoms with Gasteiger partial charge >= 0.3 is 0 Å². The molecule has 0 N–H and O–H groups in total. The average Bonchev–Trinajstić information content (AvgIpc) is 2.37. The topological polar surface area (TPSA) is 37.4 Å². The first-order valence-electron chi connectivity index (χ1n) is 3.27. The van der Waals surface area contributed by atoms with Crippen LogP contribution < -0.4 is 0 Å². The van der Waals surface area contributed by atoms with E-state index in [1.54, 1.807) is 0 Å². The van der Waals surface area contributed by atoms with Gasteiger partial charge in [-0.05, 0) is 0 Å². The lowest BCUT2D eigenvalue weighted by Crippen LogP contribution is -2.16. The summed E-state index contributed by atoms with van der Waals surface area (Å²) < 4.78 is 0.639. The Balaban J connectivity index is 0.000000261. The minimum absolute atomic E-state index is 0.266.